The van der Waals surface area contributed by atoms with Gasteiger partial charge in [-0.3, -0.25) is 14.5 Å². The lowest BCUT2D eigenvalue weighted by atomic mass is 9.81. The van der Waals surface area contributed by atoms with Gasteiger partial charge in [-0.2, -0.15) is 0 Å². The Morgan fingerprint density at radius 2 is 1.62 bits per heavy atom. The minimum absolute atomic E-state index is 0. The second kappa shape index (κ2) is 13.7. The van der Waals surface area contributed by atoms with Crippen LogP contribution >= 0.6 is 12.4 Å². The number of carbonyl (C=O) groups is 2. The molecule has 10 nitrogen and oxygen atoms in total. The molecule has 2 heterocycles. The number of nitrogens with two attached hydrogens (primary N) is 2. The molecule has 1 atom stereocenters. The molecule has 0 saturated heterocycles. The standard InChI is InChI=1S/C34H37F2N7O3.ClH/c1-17(2)32-39-26-15-23(28(35)29(36)30(26)42-32)20-7-3-18(4-8-20)13-27(31(38)44)43(33(45)21-9-5-19(16-37)6-10-21)22-11-12-24-25(14-22)41-34(46)40-24;/h3-4,7-8,11-12,14-15,17,19,21,27H,5-6,9-10,13,16,37H2,1-2H3,(H2,38,44)(H,39,42)(H2,40,41,46);1H/t19-,21-,27-;/m0./s1. The van der Waals surface area contributed by atoms with Crippen LogP contribution in [0.2, 0.25) is 0 Å². The fraction of sp³-hybridized carbons (Fsp3) is 0.353. The van der Waals surface area contributed by atoms with E-state index in [-0.39, 0.29) is 53.3 Å². The normalized spacial score (nSPS) is 17.1. The number of nitrogens with zero attached hydrogens (tertiary/aromatic N) is 2. The van der Waals surface area contributed by atoms with E-state index in [1.54, 1.807) is 42.5 Å². The molecule has 0 spiro atoms. The first-order chi connectivity index (χ1) is 22.0. The molecule has 0 aliphatic heterocycles. The maximum atomic E-state index is 15.2. The van der Waals surface area contributed by atoms with Crippen LogP contribution in [0, 0.1) is 23.5 Å². The third kappa shape index (κ3) is 6.66. The molecule has 13 heteroatoms. The lowest BCUT2D eigenvalue weighted by molar-refractivity contribution is -0.127. The van der Waals surface area contributed by atoms with Crippen LogP contribution in [0.1, 0.15) is 56.8 Å². The summed E-state index contributed by atoms with van der Waals surface area (Å²) in [4.78, 5) is 53.3. The zero-order chi connectivity index (χ0) is 32.7. The van der Waals surface area contributed by atoms with Gasteiger partial charge in [-0.1, -0.05) is 38.1 Å². The lowest BCUT2D eigenvalue weighted by Gasteiger charge is -2.35. The number of halogens is 3. The molecule has 1 aliphatic carbocycles. The molecule has 2 amide bonds. The minimum atomic E-state index is -1.06. The van der Waals surface area contributed by atoms with E-state index in [0.29, 0.717) is 64.5 Å². The van der Waals surface area contributed by atoms with E-state index >= 15 is 8.78 Å². The van der Waals surface area contributed by atoms with Crippen LogP contribution in [0.5, 0.6) is 0 Å². The molecule has 7 N–H and O–H groups in total. The summed E-state index contributed by atoms with van der Waals surface area (Å²) >= 11 is 0. The number of benzene rings is 3. The third-order valence-electron chi connectivity index (χ3n) is 9.10. The van der Waals surface area contributed by atoms with Gasteiger partial charge in [0.2, 0.25) is 11.8 Å². The predicted octanol–water partition coefficient (Wildman–Crippen LogP) is 5.42. The number of aromatic nitrogens is 4. The van der Waals surface area contributed by atoms with Gasteiger partial charge in [-0.25, -0.2) is 18.6 Å². The van der Waals surface area contributed by atoms with Crippen LogP contribution in [0.3, 0.4) is 0 Å². The van der Waals surface area contributed by atoms with Crippen LogP contribution < -0.4 is 22.1 Å². The van der Waals surface area contributed by atoms with Crippen LogP contribution in [0.4, 0.5) is 14.5 Å². The number of primary amides is 1. The Kier molecular flexibility index (Phi) is 9.83. The minimum Gasteiger partial charge on any atom is -0.368 e. The van der Waals surface area contributed by atoms with Gasteiger partial charge in [0.1, 0.15) is 17.4 Å². The molecule has 47 heavy (non-hydrogen) atoms. The maximum absolute atomic E-state index is 15.2. The van der Waals surface area contributed by atoms with Gasteiger partial charge in [-0.05, 0) is 73.5 Å². The van der Waals surface area contributed by atoms with E-state index in [1.807, 2.05) is 13.8 Å². The van der Waals surface area contributed by atoms with Crippen molar-refractivity contribution in [3.05, 3.63) is 82.0 Å². The molecule has 0 radical (unpaired) electrons. The molecule has 6 rings (SSSR count). The molecular weight excluding hydrogens is 628 g/mol. The van der Waals surface area contributed by atoms with Crippen LogP contribution in [0.15, 0.2) is 53.3 Å². The molecule has 248 valence electrons. The largest absolute Gasteiger partial charge is 0.368 e. The average Bonchev–Trinajstić information content (AvgIpc) is 3.65. The summed E-state index contributed by atoms with van der Waals surface area (Å²) in [5, 5.41) is 0. The first-order valence-corrected chi connectivity index (χ1v) is 15.6. The Bertz CT molecular complexity index is 1980. The van der Waals surface area contributed by atoms with E-state index in [9.17, 15) is 14.4 Å². The summed E-state index contributed by atoms with van der Waals surface area (Å²) in [5.41, 5.74) is 14.5. The summed E-state index contributed by atoms with van der Waals surface area (Å²) in [6, 6.07) is 12.2. The Labute approximate surface area is 275 Å². The SMILES string of the molecule is CC(C)c1nc2c(F)c(F)c(-c3ccc(C[C@@H](C(N)=O)N(c4ccc5[nH]c(=O)[nH]c5c4)C(=O)[C@H]4CC[C@H](CN)CC4)cc3)cc2[nH]1.Cl. The van der Waals surface area contributed by atoms with Crippen molar-refractivity contribution in [2.75, 3.05) is 11.4 Å². The number of H-pyrrole nitrogens is 3. The van der Waals surface area contributed by atoms with E-state index in [2.05, 4.69) is 19.9 Å². The molecule has 5 aromatic rings. The number of anilines is 1. The Morgan fingerprint density at radius 3 is 2.26 bits per heavy atom. The molecule has 3 aromatic carbocycles. The average molecular weight is 666 g/mol. The first kappa shape index (κ1) is 33.8. The topological polar surface area (TPSA) is 167 Å². The number of carbonyl (C=O) groups excluding carboxylic acids is 2. The molecule has 1 aliphatic rings. The highest BCUT2D eigenvalue weighted by molar-refractivity contribution is 6.02. The number of nitrogens with one attached hydrogen (secondary N) is 3. The Morgan fingerprint density at radius 1 is 0.936 bits per heavy atom. The fourth-order valence-corrected chi connectivity index (χ4v) is 6.43. The number of rotatable bonds is 9. The molecule has 0 unspecified atom stereocenters. The molecule has 2 aromatic heterocycles. The van der Waals surface area contributed by atoms with Gasteiger partial charge in [0.05, 0.1) is 16.6 Å². The van der Waals surface area contributed by atoms with E-state index in [1.165, 1.54) is 11.0 Å². The number of hydrogen-bond donors (Lipinski definition) is 5. The zero-order valence-electron chi connectivity index (χ0n) is 26.1. The molecular formula is C34H38ClF2N7O3. The van der Waals surface area contributed by atoms with Crippen LogP contribution in [-0.4, -0.2) is 44.3 Å². The van der Waals surface area contributed by atoms with Crippen molar-refractivity contribution in [2.24, 2.45) is 23.3 Å². The van der Waals surface area contributed by atoms with Gasteiger partial charge in [0.15, 0.2) is 11.6 Å². The van der Waals surface area contributed by atoms with Crippen molar-refractivity contribution in [3.63, 3.8) is 0 Å². The summed E-state index contributed by atoms with van der Waals surface area (Å²) < 4.78 is 30.2. The molecule has 1 fully saturated rings. The number of amides is 2. The van der Waals surface area contributed by atoms with Crippen LogP contribution in [0.25, 0.3) is 33.2 Å². The predicted molar refractivity (Wildman–Crippen MR) is 180 cm³/mol. The van der Waals surface area contributed by atoms with Gasteiger partial charge < -0.3 is 26.4 Å². The third-order valence-corrected chi connectivity index (χ3v) is 9.10. The highest BCUT2D eigenvalue weighted by Crippen LogP contribution is 2.34. The summed E-state index contributed by atoms with van der Waals surface area (Å²) in [5.74, 6) is -2.34. The van der Waals surface area contributed by atoms with Crippen LogP contribution in [-0.2, 0) is 16.0 Å². The van der Waals surface area contributed by atoms with Crippen molar-refractivity contribution < 1.29 is 18.4 Å². The van der Waals surface area contributed by atoms with Crippen molar-refractivity contribution in [2.45, 2.75) is 57.9 Å². The van der Waals surface area contributed by atoms with E-state index < -0.39 is 23.6 Å². The number of aromatic amines is 3. The van der Waals surface area contributed by atoms with Crippen molar-refractivity contribution >= 4 is 52.0 Å². The molecule has 0 bridgehead atoms. The van der Waals surface area contributed by atoms with Gasteiger partial charge in [-0.15, -0.1) is 12.4 Å². The molecule has 1 saturated carbocycles. The second-order valence-corrected chi connectivity index (χ2v) is 12.5. The summed E-state index contributed by atoms with van der Waals surface area (Å²) in [6.45, 7) is 4.38. The van der Waals surface area contributed by atoms with Crippen molar-refractivity contribution in [1.82, 2.24) is 19.9 Å². The van der Waals surface area contributed by atoms with Gasteiger partial charge in [0, 0.05) is 29.5 Å². The maximum Gasteiger partial charge on any atom is 0.323 e. The lowest BCUT2D eigenvalue weighted by Crippen LogP contribution is -2.52. The first-order valence-electron chi connectivity index (χ1n) is 15.6. The highest BCUT2D eigenvalue weighted by atomic mass is 35.5. The van der Waals surface area contributed by atoms with E-state index in [0.717, 1.165) is 12.8 Å². The Balaban J connectivity index is 0.00000433. The second-order valence-electron chi connectivity index (χ2n) is 12.5. The van der Waals surface area contributed by atoms with Gasteiger partial charge >= 0.3 is 5.69 Å². The van der Waals surface area contributed by atoms with Crippen molar-refractivity contribution in [1.29, 1.82) is 0 Å². The van der Waals surface area contributed by atoms with E-state index in [4.69, 9.17) is 11.5 Å². The summed E-state index contributed by atoms with van der Waals surface area (Å²) in [7, 11) is 0. The highest BCUT2D eigenvalue weighted by Gasteiger charge is 2.36. The number of hydrogen-bond acceptors (Lipinski definition) is 5. The number of fused-ring (bicyclic) bond motifs is 2. The van der Waals surface area contributed by atoms with Gasteiger partial charge in [0.25, 0.3) is 0 Å². The quantitative estimate of drug-likeness (QED) is 0.142. The Hall–Kier alpha value is -4.55. The fourth-order valence-electron chi connectivity index (χ4n) is 6.43. The summed E-state index contributed by atoms with van der Waals surface area (Å²) in [6.07, 6.45) is 2.99. The number of imidazole rings is 2. The monoisotopic (exact) mass is 665 g/mol. The smallest absolute Gasteiger partial charge is 0.323 e. The zero-order valence-corrected chi connectivity index (χ0v) is 26.9. The van der Waals surface area contributed by atoms with Crippen molar-refractivity contribution in [3.8, 4) is 11.1 Å².